The number of hydrogen-bond donors (Lipinski definition) is 28. The molecule has 3 aromatic heterocycles. The number of aliphatic hydroxyl groups is 1. The van der Waals surface area contributed by atoms with E-state index < -0.39 is 297 Å². The Bertz CT molecular complexity index is 5510. The molecule has 0 aliphatic rings. The molecule has 0 aliphatic carbocycles. The second-order valence-corrected chi connectivity index (χ2v) is 32.8. The molecule has 3 heterocycles. The Morgan fingerprint density at radius 3 is 1.23 bits per heavy atom. The van der Waals surface area contributed by atoms with Crippen LogP contribution in [0.3, 0.4) is 0 Å². The van der Waals surface area contributed by atoms with E-state index in [2.05, 4.69) is 130 Å². The fourth-order valence-electron chi connectivity index (χ4n) is 13.8. The van der Waals surface area contributed by atoms with Crippen LogP contribution in [0.1, 0.15) is 94.2 Å². The van der Waals surface area contributed by atoms with Crippen molar-refractivity contribution in [2.75, 3.05) is 31.1 Å². The number of hydrogen-bond acceptors (Lipinski definition) is 26. The van der Waals surface area contributed by atoms with E-state index in [9.17, 15) is 107 Å². The van der Waals surface area contributed by atoms with Gasteiger partial charge in [-0.2, -0.15) is 25.3 Å². The molecule has 29 N–H and O–H groups in total. The molecule has 7 aromatic rings. The number of aromatic amines is 3. The van der Waals surface area contributed by atoms with E-state index in [0.717, 1.165) is 13.8 Å². The second kappa shape index (κ2) is 53.4. The van der Waals surface area contributed by atoms with E-state index in [4.69, 9.17) is 17.2 Å². The van der Waals surface area contributed by atoms with Gasteiger partial charge in [0.05, 0.1) is 44.9 Å². The molecule has 137 heavy (non-hydrogen) atoms. The van der Waals surface area contributed by atoms with Gasteiger partial charge >= 0.3 is 11.9 Å². The molecule has 7 rings (SSSR count). The Labute approximate surface area is 792 Å². The number of imidazole rings is 1. The lowest BCUT2D eigenvalue weighted by atomic mass is 10.0. The lowest BCUT2D eigenvalue weighted by molar-refractivity contribution is -0.142. The van der Waals surface area contributed by atoms with Crippen LogP contribution in [0.15, 0.2) is 128 Å². The van der Waals surface area contributed by atoms with E-state index in [1.54, 1.807) is 85.1 Å². The number of aromatic nitrogens is 4. The smallest absolute Gasteiger partial charge is 0.305 e. The zero-order valence-electron chi connectivity index (χ0n) is 74.5. The number of primary amides is 3. The lowest BCUT2D eigenvalue weighted by Crippen LogP contribution is -2.62. The normalized spacial score (nSPS) is 14.1. The fraction of sp³-hybridized carbons (Fsp3) is 0.402. The number of para-hydroxylation sites is 2. The number of phenolic OH excluding ortho intramolecular Hbond substituents is 1. The number of aliphatic hydroxyl groups excluding tert-OH is 1. The number of nitrogens with two attached hydrogens (primary N) is 3. The summed E-state index contributed by atoms with van der Waals surface area (Å²) < 4.78 is 0. The summed E-state index contributed by atoms with van der Waals surface area (Å²) in [4.78, 5) is 300. The fourth-order valence-corrected chi connectivity index (χ4v) is 14.3. The number of nitrogens with one attached hydrogen (secondary N) is 19. The first kappa shape index (κ1) is 109. The van der Waals surface area contributed by atoms with Crippen LogP contribution >= 0.6 is 25.3 Å². The van der Waals surface area contributed by atoms with E-state index >= 15 is 14.4 Å². The standard InChI is InChI=1S/C87H111N23O25S2/c1-42(2)73(109-70(118)38-95-69(117)37-92-44(4)112)86(134)99-56(23-25-71(119)120)77(125)108-65(40-137)85(133)104-62(31-67(89)115)81(129)105-63(32-72(121)122)82(130)102-59(28-47-33-93-53-16-10-8-14-51(47)53)79(127)98-55(22-24-66(88)114)76(124)107-64(39-136)84(132)100-58(27-46-18-20-50(113)21-19-46)78(126)101-60(29-48-34-94-54-17-11-9-15-52(48)54)80(128)103-61(30-49-35-91-41-97-49)83(131)110-74(43(3)111)87(135)106-57(75(123)96-36-68(90)116)26-45-12-6-5-7-13-45/h5-21,33-35,41-43,55-65,73-74,93-94,111,113,136-137H,22-32,36-40H2,1-4H3,(H2,88,114)(H2,89,115)(H2,90,116)(H,91,97)(H,92,112)(H,95,117)(H,96,123)(H,98,127)(H,99,134)(H,100,132)(H,101,126)(H,102,130)(H,103,128)(H,104,133)(H,105,129)(H,106,135)(H,107,124)(H,108,125)(H,109,118)(H,110,131)(H,119,120)(H,121,122)/t43-,55+,56+,57+,58+,59+,60+,61+,62+,63+,64+,65+,73+,74+/m1/s1. The van der Waals surface area contributed by atoms with Crippen molar-refractivity contribution in [2.24, 2.45) is 23.1 Å². The Kier molecular flexibility index (Phi) is 42.3. The predicted molar refractivity (Wildman–Crippen MR) is 493 cm³/mol. The minimum atomic E-state index is -2.25. The zero-order valence-corrected chi connectivity index (χ0v) is 76.3. The third-order valence-corrected chi connectivity index (χ3v) is 21.7. The molecule has 0 saturated heterocycles. The number of fused-ring (bicyclic) bond motifs is 2. The maximum atomic E-state index is 15.3. The van der Waals surface area contributed by atoms with Gasteiger partial charge in [0.1, 0.15) is 84.3 Å². The molecule has 0 aliphatic heterocycles. The monoisotopic (exact) mass is 1940 g/mol. The van der Waals surface area contributed by atoms with Crippen molar-refractivity contribution < 1.29 is 121 Å². The maximum Gasteiger partial charge on any atom is 0.305 e. The molecule has 50 heteroatoms. The molecular formula is C87H111N23O25S2. The lowest BCUT2D eigenvalue weighted by Gasteiger charge is -2.28. The highest BCUT2D eigenvalue weighted by Crippen LogP contribution is 2.23. The first-order valence-electron chi connectivity index (χ1n) is 42.8. The van der Waals surface area contributed by atoms with Crippen molar-refractivity contribution in [3.05, 3.63) is 156 Å². The quantitative estimate of drug-likeness (QED) is 0.0158. The summed E-state index contributed by atoms with van der Waals surface area (Å²) in [6.07, 6.45) is -3.08. The Morgan fingerprint density at radius 2 is 0.774 bits per heavy atom. The topological polar surface area (TPSA) is 770 Å². The van der Waals surface area contributed by atoms with Gasteiger partial charge in [0.2, 0.25) is 112 Å². The van der Waals surface area contributed by atoms with Crippen LogP contribution in [0.2, 0.25) is 0 Å². The Hall–Kier alpha value is -15.5. The van der Waals surface area contributed by atoms with Gasteiger partial charge in [-0.3, -0.25) is 101 Å². The highest BCUT2D eigenvalue weighted by molar-refractivity contribution is 7.80. The number of aliphatic carboxylic acids is 2. The minimum Gasteiger partial charge on any atom is -0.508 e. The van der Waals surface area contributed by atoms with Crippen LogP contribution in [0.5, 0.6) is 5.75 Å². The van der Waals surface area contributed by atoms with E-state index in [-0.39, 0.29) is 36.3 Å². The van der Waals surface area contributed by atoms with E-state index in [1.165, 1.54) is 56.8 Å². The largest absolute Gasteiger partial charge is 0.508 e. The molecule has 48 nitrogen and oxygen atoms in total. The summed E-state index contributed by atoms with van der Waals surface area (Å²) in [6.45, 7) is 3.52. The highest BCUT2D eigenvalue weighted by Gasteiger charge is 2.41. The molecule has 0 radical (unpaired) electrons. The number of nitrogens with zero attached hydrogens (tertiary/aromatic N) is 1. The van der Waals surface area contributed by atoms with Gasteiger partial charge in [0.25, 0.3) is 0 Å². The van der Waals surface area contributed by atoms with Crippen LogP contribution in [-0.2, 0) is 133 Å². The van der Waals surface area contributed by atoms with Gasteiger partial charge < -0.3 is 138 Å². The van der Waals surface area contributed by atoms with Gasteiger partial charge in [0.15, 0.2) is 0 Å². The average Bonchev–Trinajstić information content (AvgIpc) is 1.69. The van der Waals surface area contributed by atoms with Crippen molar-refractivity contribution in [1.29, 1.82) is 0 Å². The number of carboxylic acid groups (broad SMARTS) is 2. The van der Waals surface area contributed by atoms with Gasteiger partial charge in [-0.1, -0.05) is 92.7 Å². The molecule has 0 saturated carbocycles. The van der Waals surface area contributed by atoms with Gasteiger partial charge in [-0.25, -0.2) is 4.98 Å². The molecule has 4 aromatic carbocycles. The van der Waals surface area contributed by atoms with Crippen molar-refractivity contribution in [2.45, 2.75) is 183 Å². The van der Waals surface area contributed by atoms with Crippen molar-refractivity contribution in [3.63, 3.8) is 0 Å². The summed E-state index contributed by atoms with van der Waals surface area (Å²) in [7, 11) is 0. The summed E-state index contributed by atoms with van der Waals surface area (Å²) in [6, 6.07) is 3.57. The number of carbonyl (C=O) groups is 21. The first-order valence-corrected chi connectivity index (χ1v) is 44.1. The summed E-state index contributed by atoms with van der Waals surface area (Å²) in [5.41, 5.74) is 19.3. The number of carboxylic acids is 2. The van der Waals surface area contributed by atoms with Crippen LogP contribution in [0, 0.1) is 5.92 Å². The number of carbonyl (C=O) groups excluding carboxylic acids is 19. The molecule has 0 fully saturated rings. The molecular weight excluding hydrogens is 1830 g/mol. The molecule has 0 spiro atoms. The maximum absolute atomic E-state index is 15.3. The molecule has 0 unspecified atom stereocenters. The average molecular weight is 1940 g/mol. The third kappa shape index (κ3) is 35.4. The van der Waals surface area contributed by atoms with Crippen molar-refractivity contribution in [1.82, 2.24) is 105 Å². The summed E-state index contributed by atoms with van der Waals surface area (Å²) in [5, 5.41) is 80.5. The summed E-state index contributed by atoms with van der Waals surface area (Å²) >= 11 is 8.50. The zero-order chi connectivity index (χ0) is 101. The van der Waals surface area contributed by atoms with Gasteiger partial charge in [-0.15, -0.1) is 0 Å². The highest BCUT2D eigenvalue weighted by atomic mass is 32.1. The predicted octanol–water partition coefficient (Wildman–Crippen LogP) is -6.88. The number of benzene rings is 4. The molecule has 14 atom stereocenters. The van der Waals surface area contributed by atoms with Crippen LogP contribution in [0.25, 0.3) is 21.8 Å². The van der Waals surface area contributed by atoms with Crippen LogP contribution in [0.4, 0.5) is 0 Å². The Morgan fingerprint density at radius 1 is 0.372 bits per heavy atom. The first-order chi connectivity index (χ1) is 65.0. The number of amides is 19. The van der Waals surface area contributed by atoms with Gasteiger partial charge in [-0.05, 0) is 72.2 Å². The van der Waals surface area contributed by atoms with E-state index in [1.807, 2.05) is 0 Å². The SMILES string of the molecule is CC(=O)NCC(=O)NCC(=O)N[C@H](C(=O)N[C@@H](CCC(=O)O)C(=O)N[C@@H](CS)C(=O)N[C@@H](CC(N)=O)C(=O)N[C@@H](CC(=O)O)C(=O)N[C@@H](Cc1c[nH]c2ccccc12)C(=O)N[C@@H](CCC(N)=O)C(=O)N[C@@H](CS)C(=O)N[C@@H](Cc1ccc(O)cc1)C(=O)N[C@@H](Cc1c[nH]c2ccccc12)C(=O)N[C@@H](Cc1cnc[nH]1)C(=O)N[C@H](C(=O)N[C@@H](Cc1ccccc1)C(=O)NCC(N)=O)[C@@H](C)O)C(C)C. The third-order valence-electron chi connectivity index (χ3n) is 21.0. The second-order valence-electron chi connectivity index (χ2n) is 32.1. The minimum absolute atomic E-state index is 0.142. The van der Waals surface area contributed by atoms with Crippen molar-refractivity contribution in [3.8, 4) is 5.75 Å². The molecule has 0 bridgehead atoms. The number of thiol groups is 2. The Balaban J connectivity index is 1.13. The van der Waals surface area contributed by atoms with Crippen LogP contribution < -0.4 is 102 Å². The number of rotatable bonds is 56. The number of aromatic hydroxyl groups is 1. The molecule has 19 amide bonds. The van der Waals surface area contributed by atoms with Gasteiger partial charge in [0, 0.05) is 109 Å². The van der Waals surface area contributed by atoms with Crippen molar-refractivity contribution >= 4 is 171 Å². The number of phenols is 1. The summed E-state index contributed by atoms with van der Waals surface area (Å²) in [5.74, 6) is -26.2. The number of H-pyrrole nitrogens is 3. The van der Waals surface area contributed by atoms with Crippen LogP contribution in [-0.4, -0.2) is 280 Å². The van der Waals surface area contributed by atoms with E-state index in [0.29, 0.717) is 38.5 Å². The molecule has 736 valence electrons.